The second kappa shape index (κ2) is 9.14. The third-order valence-electron chi connectivity index (χ3n) is 5.42. The number of methoxy groups -OCH3 is 1. The van der Waals surface area contributed by atoms with Gasteiger partial charge >= 0.3 is 11.9 Å². The second-order valence-corrected chi connectivity index (χ2v) is 8.44. The van der Waals surface area contributed by atoms with Gasteiger partial charge in [0.05, 0.1) is 19.3 Å². The van der Waals surface area contributed by atoms with Gasteiger partial charge in [-0.2, -0.15) is 14.4 Å². The number of anilines is 1. The fourth-order valence-electron chi connectivity index (χ4n) is 3.85. The van der Waals surface area contributed by atoms with E-state index in [1.54, 1.807) is 43.5 Å². The highest BCUT2D eigenvalue weighted by Crippen LogP contribution is 2.32. The maximum Gasteiger partial charge on any atom is 0.506 e. The second-order valence-electron chi connectivity index (χ2n) is 7.43. The number of aromatic nitrogens is 2. The van der Waals surface area contributed by atoms with Crippen molar-refractivity contribution in [3.05, 3.63) is 65.9 Å². The number of hydrogen-bond acceptors (Lipinski definition) is 8. The molecule has 0 radical (unpaired) electrons. The molecule has 10 heteroatoms. The van der Waals surface area contributed by atoms with Crippen LogP contribution >= 0.6 is 11.8 Å². The van der Waals surface area contributed by atoms with Gasteiger partial charge in [0.15, 0.2) is 11.8 Å². The van der Waals surface area contributed by atoms with Crippen LogP contribution in [-0.2, 0) is 11.3 Å². The van der Waals surface area contributed by atoms with E-state index < -0.39 is 11.3 Å². The molecular weight excluding hydrogens is 456 g/mol. The summed E-state index contributed by atoms with van der Waals surface area (Å²) in [5, 5.41) is 5.35. The smallest absolute Gasteiger partial charge is 0.496 e. The molecule has 1 unspecified atom stereocenters. The van der Waals surface area contributed by atoms with Gasteiger partial charge in [-0.3, -0.25) is 0 Å². The molecule has 3 heterocycles. The first-order valence-corrected chi connectivity index (χ1v) is 11.6. The summed E-state index contributed by atoms with van der Waals surface area (Å²) in [6.07, 6.45) is 1.78. The van der Waals surface area contributed by atoms with E-state index >= 15 is 0 Å². The molecule has 0 spiro atoms. The minimum Gasteiger partial charge on any atom is -0.496 e. The van der Waals surface area contributed by atoms with Gasteiger partial charge in [0, 0.05) is 0 Å². The van der Waals surface area contributed by atoms with Crippen LogP contribution in [0, 0.1) is 0 Å². The third kappa shape index (κ3) is 3.86. The van der Waals surface area contributed by atoms with Crippen molar-refractivity contribution in [1.29, 1.82) is 0 Å². The quantitative estimate of drug-likeness (QED) is 0.473. The monoisotopic (exact) mass is 477 g/mol. The molecule has 9 nitrogen and oxygen atoms in total. The van der Waals surface area contributed by atoms with Crippen molar-refractivity contribution in [3.63, 3.8) is 0 Å². The number of imide groups is 1. The summed E-state index contributed by atoms with van der Waals surface area (Å²) in [4.78, 5) is 32.3. The molecule has 0 saturated heterocycles. The normalized spacial score (nSPS) is 17.4. The highest BCUT2D eigenvalue weighted by atomic mass is 32.2. The van der Waals surface area contributed by atoms with Gasteiger partial charge in [-0.25, -0.2) is 4.79 Å². The van der Waals surface area contributed by atoms with Gasteiger partial charge in [-0.1, -0.05) is 17.3 Å². The molecule has 0 saturated carbocycles. The first kappa shape index (κ1) is 21.9. The van der Waals surface area contributed by atoms with Crippen LogP contribution in [0.1, 0.15) is 12.8 Å². The Morgan fingerprint density at radius 3 is 2.71 bits per heavy atom. The zero-order chi connectivity index (χ0) is 23.7. The maximum atomic E-state index is 13.5. The molecule has 0 aliphatic carbocycles. The van der Waals surface area contributed by atoms with Crippen LogP contribution in [0.15, 0.2) is 64.5 Å². The lowest BCUT2D eigenvalue weighted by atomic mass is 10.1. The zero-order valence-corrected chi connectivity index (χ0v) is 19.3. The summed E-state index contributed by atoms with van der Waals surface area (Å²) < 4.78 is 17.8. The molecule has 2 aliphatic rings. The van der Waals surface area contributed by atoms with Crippen molar-refractivity contribution >= 4 is 35.1 Å². The van der Waals surface area contributed by atoms with Gasteiger partial charge in [-0.15, -0.1) is 16.7 Å². The number of carbonyl (C=O) groups is 2. The predicted octanol–water partition coefficient (Wildman–Crippen LogP) is 3.89. The van der Waals surface area contributed by atoms with Gasteiger partial charge < -0.3 is 14.0 Å². The van der Waals surface area contributed by atoms with E-state index in [-0.39, 0.29) is 18.3 Å². The molecule has 0 bridgehead atoms. The zero-order valence-electron chi connectivity index (χ0n) is 18.5. The van der Waals surface area contributed by atoms with Crippen molar-refractivity contribution in [2.24, 2.45) is 0 Å². The van der Waals surface area contributed by atoms with Gasteiger partial charge in [-0.05, 0) is 54.8 Å². The molecule has 1 aromatic heterocycles. The van der Waals surface area contributed by atoms with E-state index in [9.17, 15) is 9.59 Å². The number of fused-ring (bicyclic) bond motifs is 1. The molecule has 3 amide bonds. The number of rotatable bonds is 7. The average molecular weight is 478 g/mol. The summed E-state index contributed by atoms with van der Waals surface area (Å²) in [5.41, 5.74) is 1.74. The van der Waals surface area contributed by atoms with Crippen molar-refractivity contribution < 1.29 is 28.2 Å². The number of amides is 3. The molecule has 2 aromatic carbocycles. The van der Waals surface area contributed by atoms with Crippen LogP contribution in [0.2, 0.25) is 0 Å². The number of para-hydroxylation sites is 1. The maximum absolute atomic E-state index is 13.5. The number of nitrogens with zero attached hydrogens (tertiary/aromatic N) is 4. The fraction of sp³-hybridized carbons (Fsp3) is 0.208. The lowest BCUT2D eigenvalue weighted by Crippen LogP contribution is -2.55. The number of thioether (sulfide) groups is 1. The van der Waals surface area contributed by atoms with Crippen LogP contribution in [0.5, 0.6) is 11.5 Å². The SMILES string of the molecule is CCOc1ccc(N2C(=O)C3SC=CC3=[N+](Cc3nc(-c4ccccc4OC)no3)C2=O)cc1. The van der Waals surface area contributed by atoms with Gasteiger partial charge in [0.2, 0.25) is 5.82 Å². The molecule has 3 aromatic rings. The van der Waals surface area contributed by atoms with Crippen molar-refractivity contribution in [1.82, 2.24) is 10.1 Å². The highest BCUT2D eigenvalue weighted by Gasteiger charge is 2.50. The molecule has 2 aliphatic heterocycles. The van der Waals surface area contributed by atoms with E-state index in [2.05, 4.69) is 10.1 Å². The molecule has 0 fully saturated rings. The number of urea groups is 1. The van der Waals surface area contributed by atoms with E-state index in [1.807, 2.05) is 30.5 Å². The Morgan fingerprint density at radius 1 is 1.15 bits per heavy atom. The standard InChI is InChI=1S/C24H21N4O5S/c1-3-32-16-10-8-15(9-11-16)28-23(29)21-18(12-13-34-21)27(24(28)30)14-20-25-22(26-33-20)17-6-4-5-7-19(17)31-2/h4-13,21H,3,14H2,1-2H3/q+1. The first-order valence-electron chi connectivity index (χ1n) is 10.6. The fourth-order valence-corrected chi connectivity index (χ4v) is 4.79. The average Bonchev–Trinajstić information content (AvgIpc) is 3.53. The van der Waals surface area contributed by atoms with Crippen LogP contribution in [0.25, 0.3) is 11.4 Å². The Labute approximate surface area is 199 Å². The Balaban J connectivity index is 1.47. The van der Waals surface area contributed by atoms with Crippen LogP contribution < -0.4 is 14.4 Å². The van der Waals surface area contributed by atoms with Crippen LogP contribution in [0.4, 0.5) is 10.5 Å². The molecule has 0 N–H and O–H groups in total. The van der Waals surface area contributed by atoms with Crippen LogP contribution in [0.3, 0.4) is 0 Å². The molecule has 34 heavy (non-hydrogen) atoms. The van der Waals surface area contributed by atoms with Crippen molar-refractivity contribution in [2.45, 2.75) is 18.7 Å². The Hall–Kier alpha value is -3.92. The molecule has 172 valence electrons. The molecular formula is C24H21N4O5S+. The number of carbonyl (C=O) groups excluding carboxylic acids is 2. The minimum absolute atomic E-state index is 0.0263. The third-order valence-corrected chi connectivity index (χ3v) is 6.42. The Morgan fingerprint density at radius 2 is 1.94 bits per heavy atom. The van der Waals surface area contributed by atoms with Gasteiger partial charge in [0.1, 0.15) is 22.9 Å². The van der Waals surface area contributed by atoms with Gasteiger partial charge in [0.25, 0.3) is 5.89 Å². The Bertz CT molecular complexity index is 1310. The summed E-state index contributed by atoms with van der Waals surface area (Å²) in [6, 6.07) is 13.7. The summed E-state index contributed by atoms with van der Waals surface area (Å²) in [5.74, 6) is 1.58. The number of hydrogen-bond donors (Lipinski definition) is 0. The Kier molecular flexibility index (Phi) is 5.89. The first-order chi connectivity index (χ1) is 16.6. The summed E-state index contributed by atoms with van der Waals surface area (Å²) in [6.45, 7) is 2.44. The summed E-state index contributed by atoms with van der Waals surface area (Å²) >= 11 is 1.36. The highest BCUT2D eigenvalue weighted by molar-refractivity contribution is 8.04. The summed E-state index contributed by atoms with van der Waals surface area (Å²) in [7, 11) is 1.57. The molecule has 1 atom stereocenters. The molecule has 5 rings (SSSR count). The van der Waals surface area contributed by atoms with Crippen molar-refractivity contribution in [2.75, 3.05) is 18.6 Å². The van der Waals surface area contributed by atoms with Crippen molar-refractivity contribution in [3.8, 4) is 22.9 Å². The largest absolute Gasteiger partial charge is 0.506 e. The lowest BCUT2D eigenvalue weighted by Gasteiger charge is -2.23. The van der Waals surface area contributed by atoms with E-state index in [0.29, 0.717) is 40.9 Å². The van der Waals surface area contributed by atoms with E-state index in [4.69, 9.17) is 14.0 Å². The number of ether oxygens (including phenoxy) is 2. The number of benzene rings is 2. The topological polar surface area (TPSA) is 97.8 Å². The van der Waals surface area contributed by atoms with E-state index in [1.165, 1.54) is 21.2 Å². The lowest BCUT2D eigenvalue weighted by molar-refractivity contribution is -0.448. The van der Waals surface area contributed by atoms with Crippen LogP contribution in [-0.4, -0.2) is 51.3 Å². The minimum atomic E-state index is -0.527. The van der Waals surface area contributed by atoms with E-state index in [0.717, 1.165) is 0 Å². The predicted molar refractivity (Wildman–Crippen MR) is 126 cm³/mol. The number of allylic oxidation sites excluding steroid dienone is 1.